The van der Waals surface area contributed by atoms with Crippen LogP contribution in [0.3, 0.4) is 0 Å². The Kier molecular flexibility index (Phi) is 3.49. The maximum atomic E-state index is 11.2. The molecule has 0 fully saturated rings. The van der Waals surface area contributed by atoms with E-state index in [1.807, 2.05) is 0 Å². The number of esters is 1. The van der Waals surface area contributed by atoms with Crippen LogP contribution in [0.25, 0.3) is 0 Å². The van der Waals surface area contributed by atoms with E-state index in [2.05, 4.69) is 4.74 Å². The van der Waals surface area contributed by atoms with Gasteiger partial charge in [0, 0.05) is 6.07 Å². The number of hydrogen-bond acceptors (Lipinski definition) is 4. The van der Waals surface area contributed by atoms with Gasteiger partial charge in [-0.25, -0.2) is 4.79 Å². The lowest BCUT2D eigenvalue weighted by molar-refractivity contribution is -0.384. The molecule has 0 saturated carbocycles. The van der Waals surface area contributed by atoms with Gasteiger partial charge >= 0.3 is 5.97 Å². The molecule has 1 aromatic rings. The number of methoxy groups -OCH3 is 1. The number of halogens is 2. The van der Waals surface area contributed by atoms with E-state index in [1.54, 1.807) is 0 Å². The normalized spacial score (nSPS) is 9.80. The largest absolute Gasteiger partial charge is 0.465 e. The summed E-state index contributed by atoms with van der Waals surface area (Å²) < 4.78 is 4.40. The van der Waals surface area contributed by atoms with E-state index in [1.165, 1.54) is 6.07 Å². The van der Waals surface area contributed by atoms with E-state index in [4.69, 9.17) is 23.2 Å². The van der Waals surface area contributed by atoms with Gasteiger partial charge in [-0.3, -0.25) is 10.1 Å². The van der Waals surface area contributed by atoms with Crippen LogP contribution in [0.4, 0.5) is 5.69 Å². The topological polar surface area (TPSA) is 69.4 Å². The summed E-state index contributed by atoms with van der Waals surface area (Å²) in [5, 5.41) is 10.2. The summed E-state index contributed by atoms with van der Waals surface area (Å²) in [7, 11) is 1.13. The van der Waals surface area contributed by atoms with Crippen LogP contribution in [0, 0.1) is 10.1 Å². The number of rotatable bonds is 2. The Morgan fingerprint density at radius 2 is 2.07 bits per heavy atom. The molecule has 0 N–H and O–H groups in total. The Bertz CT molecular complexity index is 433. The molecule has 1 rings (SSSR count). The van der Waals surface area contributed by atoms with Gasteiger partial charge in [0.15, 0.2) is 0 Å². The van der Waals surface area contributed by atoms with Gasteiger partial charge < -0.3 is 4.74 Å². The first-order valence-corrected chi connectivity index (χ1v) is 4.45. The van der Waals surface area contributed by atoms with Gasteiger partial charge in [0.1, 0.15) is 10.6 Å². The third-order valence-electron chi connectivity index (χ3n) is 1.66. The minimum atomic E-state index is -0.811. The number of nitro benzene ring substituents is 1. The highest BCUT2D eigenvalue weighted by Gasteiger charge is 2.23. The predicted molar refractivity (Wildman–Crippen MR) is 54.5 cm³/mol. The van der Waals surface area contributed by atoms with Gasteiger partial charge in [-0.05, 0) is 6.07 Å². The fraction of sp³-hybridized carbons (Fsp3) is 0.125. The quantitative estimate of drug-likeness (QED) is 0.459. The van der Waals surface area contributed by atoms with Gasteiger partial charge in [-0.15, -0.1) is 0 Å². The molecule has 1 aromatic carbocycles. The molecule has 0 amide bonds. The summed E-state index contributed by atoms with van der Waals surface area (Å²) in [6.07, 6.45) is 0. The van der Waals surface area contributed by atoms with Crippen molar-refractivity contribution in [3.8, 4) is 0 Å². The summed E-state index contributed by atoms with van der Waals surface area (Å²) in [4.78, 5) is 21.0. The first kappa shape index (κ1) is 11.7. The number of carbonyl (C=O) groups excluding carboxylic acids is 1. The molecule has 0 bridgehead atoms. The van der Waals surface area contributed by atoms with Crippen LogP contribution < -0.4 is 0 Å². The zero-order valence-corrected chi connectivity index (χ0v) is 9.00. The molecule has 0 saturated heterocycles. The van der Waals surface area contributed by atoms with Crippen molar-refractivity contribution in [2.45, 2.75) is 0 Å². The lowest BCUT2D eigenvalue weighted by atomic mass is 10.2. The zero-order valence-electron chi connectivity index (χ0n) is 7.49. The summed E-state index contributed by atoms with van der Waals surface area (Å²) in [5.41, 5.74) is -0.587. The van der Waals surface area contributed by atoms with Crippen LogP contribution in [0.5, 0.6) is 0 Å². The number of benzene rings is 1. The molecular formula is C8H5Cl2NO4. The Hall–Kier alpha value is -1.33. The molecule has 0 unspecified atom stereocenters. The highest BCUT2D eigenvalue weighted by Crippen LogP contribution is 2.33. The first-order chi connectivity index (χ1) is 6.99. The van der Waals surface area contributed by atoms with Gasteiger partial charge in [0.25, 0.3) is 5.69 Å². The fourth-order valence-corrected chi connectivity index (χ4v) is 1.57. The average Bonchev–Trinajstić information content (AvgIpc) is 2.16. The van der Waals surface area contributed by atoms with Crippen LogP contribution in [0.2, 0.25) is 10.0 Å². The van der Waals surface area contributed by atoms with Gasteiger partial charge in [0.2, 0.25) is 0 Å². The maximum Gasteiger partial charge on any atom is 0.341 e. The van der Waals surface area contributed by atoms with Crippen LogP contribution in [0.1, 0.15) is 10.4 Å². The average molecular weight is 250 g/mol. The fourth-order valence-electron chi connectivity index (χ4n) is 0.972. The second-order valence-electron chi connectivity index (χ2n) is 2.50. The summed E-state index contributed by atoms with van der Waals surface area (Å²) >= 11 is 11.3. The second kappa shape index (κ2) is 4.46. The smallest absolute Gasteiger partial charge is 0.341 e. The third-order valence-corrected chi connectivity index (χ3v) is 2.35. The lowest BCUT2D eigenvalue weighted by Crippen LogP contribution is -2.04. The van der Waals surface area contributed by atoms with Crippen molar-refractivity contribution in [3.05, 3.63) is 37.9 Å². The number of nitrogens with zero attached hydrogens (tertiary/aromatic N) is 1. The van der Waals surface area contributed by atoms with Crippen molar-refractivity contribution in [2.75, 3.05) is 7.11 Å². The highest BCUT2D eigenvalue weighted by molar-refractivity contribution is 6.40. The third kappa shape index (κ3) is 2.19. The molecule has 0 aliphatic heterocycles. The summed E-state index contributed by atoms with van der Waals surface area (Å²) in [6, 6.07) is 2.34. The molecule has 0 aliphatic carbocycles. The molecule has 0 aliphatic rings. The second-order valence-corrected chi connectivity index (χ2v) is 3.29. The number of hydrogen-bond donors (Lipinski definition) is 0. The van der Waals surface area contributed by atoms with Crippen molar-refractivity contribution in [1.82, 2.24) is 0 Å². The monoisotopic (exact) mass is 249 g/mol. The Morgan fingerprint density at radius 1 is 1.47 bits per heavy atom. The van der Waals surface area contributed by atoms with E-state index in [9.17, 15) is 14.9 Å². The summed E-state index contributed by atoms with van der Waals surface area (Å²) in [6.45, 7) is 0. The minimum Gasteiger partial charge on any atom is -0.465 e. The van der Waals surface area contributed by atoms with Crippen molar-refractivity contribution >= 4 is 34.9 Å². The van der Waals surface area contributed by atoms with Gasteiger partial charge in [0.05, 0.1) is 17.1 Å². The van der Waals surface area contributed by atoms with Crippen LogP contribution in [-0.4, -0.2) is 18.0 Å². The molecule has 0 aromatic heterocycles. The van der Waals surface area contributed by atoms with Gasteiger partial charge in [-0.1, -0.05) is 23.2 Å². The molecule has 0 heterocycles. The molecule has 5 nitrogen and oxygen atoms in total. The molecule has 80 valence electrons. The number of nitro groups is 1. The molecule has 0 atom stereocenters. The van der Waals surface area contributed by atoms with Crippen LogP contribution >= 0.6 is 23.2 Å². The Morgan fingerprint density at radius 3 is 2.53 bits per heavy atom. The van der Waals surface area contributed by atoms with Crippen molar-refractivity contribution in [1.29, 1.82) is 0 Å². The van der Waals surface area contributed by atoms with E-state index in [0.29, 0.717) is 0 Å². The summed E-state index contributed by atoms with van der Waals surface area (Å²) in [5.74, 6) is -0.811. The minimum absolute atomic E-state index is 0.0115. The van der Waals surface area contributed by atoms with E-state index >= 15 is 0 Å². The molecule has 0 spiro atoms. The number of ether oxygens (including phenoxy) is 1. The highest BCUT2D eigenvalue weighted by atomic mass is 35.5. The maximum absolute atomic E-state index is 11.2. The van der Waals surface area contributed by atoms with Crippen molar-refractivity contribution in [2.24, 2.45) is 0 Å². The SMILES string of the molecule is COC(=O)c1c(Cl)ccc([N+](=O)[O-])c1Cl. The Balaban J connectivity index is 3.43. The van der Waals surface area contributed by atoms with E-state index < -0.39 is 10.9 Å². The number of carbonyl (C=O) groups is 1. The van der Waals surface area contributed by atoms with Crippen LogP contribution in [-0.2, 0) is 4.74 Å². The van der Waals surface area contributed by atoms with Gasteiger partial charge in [-0.2, -0.15) is 0 Å². The first-order valence-electron chi connectivity index (χ1n) is 3.69. The van der Waals surface area contributed by atoms with E-state index in [0.717, 1.165) is 13.2 Å². The van der Waals surface area contributed by atoms with E-state index in [-0.39, 0.29) is 21.3 Å². The van der Waals surface area contributed by atoms with Crippen LogP contribution in [0.15, 0.2) is 12.1 Å². The standard InChI is InChI=1S/C8H5Cl2NO4/c1-15-8(12)6-4(9)2-3-5(7(6)10)11(13)14/h2-3H,1H3. The Labute approximate surface area is 94.7 Å². The molecule has 15 heavy (non-hydrogen) atoms. The molecular weight excluding hydrogens is 245 g/mol. The zero-order chi connectivity index (χ0) is 11.6. The van der Waals surface area contributed by atoms with Crippen molar-refractivity contribution in [3.63, 3.8) is 0 Å². The molecule has 0 radical (unpaired) electrons. The lowest BCUT2D eigenvalue weighted by Gasteiger charge is -2.04. The van der Waals surface area contributed by atoms with Crippen molar-refractivity contribution < 1.29 is 14.5 Å². The molecule has 7 heteroatoms. The predicted octanol–water partition coefficient (Wildman–Crippen LogP) is 2.69.